The van der Waals surface area contributed by atoms with Gasteiger partial charge in [0, 0.05) is 19.6 Å². The van der Waals surface area contributed by atoms with E-state index in [1.54, 1.807) is 6.07 Å². The summed E-state index contributed by atoms with van der Waals surface area (Å²) in [6.45, 7) is 12.4. The molecule has 0 radical (unpaired) electrons. The maximum absolute atomic E-state index is 13.1. The minimum absolute atomic E-state index is 0.0873. The molecule has 25 heavy (non-hydrogen) atoms. The molecule has 0 spiro atoms. The Bertz CT molecular complexity index is 678. The minimum atomic E-state index is -4.59. The van der Waals surface area contributed by atoms with Crippen LogP contribution < -0.4 is 4.90 Å². The quantitative estimate of drug-likeness (QED) is 0.726. The van der Waals surface area contributed by atoms with Gasteiger partial charge in [0.2, 0.25) is 0 Å². The maximum Gasteiger partial charge on any atom is 0.453 e. The fraction of sp³-hybridized carbons (Fsp3) is 0.688. The molecule has 0 atom stereocenters. The zero-order valence-electron chi connectivity index (χ0n) is 15.1. The van der Waals surface area contributed by atoms with Gasteiger partial charge >= 0.3 is 6.18 Å². The largest absolute Gasteiger partial charge is 0.453 e. The van der Waals surface area contributed by atoms with E-state index in [-0.39, 0.29) is 5.65 Å². The summed E-state index contributed by atoms with van der Waals surface area (Å²) in [5.74, 6) is -0.242. The highest BCUT2D eigenvalue weighted by molar-refractivity contribution is 5.46. The van der Waals surface area contributed by atoms with Crippen LogP contribution in [0.15, 0.2) is 12.1 Å². The Morgan fingerprint density at radius 2 is 1.76 bits per heavy atom. The molecule has 2 aromatic heterocycles. The summed E-state index contributed by atoms with van der Waals surface area (Å²) < 4.78 is 39.9. The Balaban J connectivity index is 2.32. The molecule has 0 amide bonds. The van der Waals surface area contributed by atoms with Crippen molar-refractivity contribution in [3.63, 3.8) is 0 Å². The monoisotopic (exact) mass is 358 g/mol. The summed E-state index contributed by atoms with van der Waals surface area (Å²) >= 11 is 0. The first-order chi connectivity index (χ1) is 11.8. The predicted octanol–water partition coefficient (Wildman–Crippen LogP) is 2.95. The van der Waals surface area contributed by atoms with Crippen LogP contribution in [0.5, 0.6) is 0 Å². The van der Waals surface area contributed by atoms with Crippen molar-refractivity contribution < 1.29 is 13.2 Å². The molecule has 0 saturated heterocycles. The summed E-state index contributed by atoms with van der Waals surface area (Å²) in [5.41, 5.74) is 0.0873. The highest BCUT2D eigenvalue weighted by Crippen LogP contribution is 2.28. The smallest absolute Gasteiger partial charge is 0.354 e. The van der Waals surface area contributed by atoms with E-state index in [0.717, 1.165) is 24.1 Å². The Labute approximate surface area is 145 Å². The number of alkyl halides is 3. The summed E-state index contributed by atoms with van der Waals surface area (Å²) in [6.07, 6.45) is -4.59. The highest BCUT2D eigenvalue weighted by atomic mass is 19.4. The van der Waals surface area contributed by atoms with E-state index >= 15 is 0 Å². The summed E-state index contributed by atoms with van der Waals surface area (Å²) in [5, 5.41) is 10.9. The number of likely N-dealkylation sites (N-methyl/N-ethyl adjacent to an activating group) is 1. The van der Waals surface area contributed by atoms with Crippen LogP contribution in [-0.2, 0) is 6.18 Å². The first-order valence-electron chi connectivity index (χ1n) is 8.53. The van der Waals surface area contributed by atoms with Crippen LogP contribution in [0.4, 0.5) is 19.0 Å². The van der Waals surface area contributed by atoms with Crippen molar-refractivity contribution in [3.8, 4) is 0 Å². The molecular weight excluding hydrogens is 333 g/mol. The standard InChI is InChI=1S/C16H25F3N6/c1-5-23(6-2)9-10-24(11-12(3)4)14-8-7-13-20-21-15(16(17,18)19)25(13)22-14/h7-8,12H,5-6,9-11H2,1-4H3. The van der Waals surface area contributed by atoms with Crippen LogP contribution in [0.2, 0.25) is 0 Å². The van der Waals surface area contributed by atoms with E-state index < -0.39 is 12.0 Å². The van der Waals surface area contributed by atoms with Crippen LogP contribution in [0.1, 0.15) is 33.5 Å². The molecule has 0 aliphatic carbocycles. The summed E-state index contributed by atoms with van der Waals surface area (Å²) in [4.78, 5) is 4.29. The van der Waals surface area contributed by atoms with Crippen LogP contribution in [0.3, 0.4) is 0 Å². The third kappa shape index (κ3) is 4.81. The molecule has 2 aromatic rings. The fourth-order valence-electron chi connectivity index (χ4n) is 2.67. The average molecular weight is 358 g/mol. The Kier molecular flexibility index (Phi) is 6.21. The molecule has 0 unspecified atom stereocenters. The number of hydrogen-bond donors (Lipinski definition) is 0. The fourth-order valence-corrected chi connectivity index (χ4v) is 2.67. The van der Waals surface area contributed by atoms with Crippen LogP contribution in [-0.4, -0.2) is 57.4 Å². The van der Waals surface area contributed by atoms with E-state index in [1.165, 1.54) is 6.07 Å². The van der Waals surface area contributed by atoms with Gasteiger partial charge < -0.3 is 9.80 Å². The molecule has 0 bridgehead atoms. The van der Waals surface area contributed by atoms with Crippen LogP contribution in [0.25, 0.3) is 5.65 Å². The van der Waals surface area contributed by atoms with E-state index in [4.69, 9.17) is 0 Å². The third-order valence-corrected chi connectivity index (χ3v) is 3.99. The highest BCUT2D eigenvalue weighted by Gasteiger charge is 2.37. The second-order valence-electron chi connectivity index (χ2n) is 6.35. The van der Waals surface area contributed by atoms with E-state index in [0.29, 0.717) is 24.8 Å². The molecule has 140 valence electrons. The zero-order valence-corrected chi connectivity index (χ0v) is 15.1. The molecule has 2 heterocycles. The lowest BCUT2D eigenvalue weighted by Crippen LogP contribution is -2.37. The predicted molar refractivity (Wildman–Crippen MR) is 90.6 cm³/mol. The van der Waals surface area contributed by atoms with E-state index in [1.807, 2.05) is 4.90 Å². The summed E-state index contributed by atoms with van der Waals surface area (Å²) in [6, 6.07) is 3.23. The van der Waals surface area contributed by atoms with Crippen molar-refractivity contribution in [3.05, 3.63) is 18.0 Å². The molecule has 9 heteroatoms. The van der Waals surface area contributed by atoms with Gasteiger partial charge in [-0.1, -0.05) is 27.7 Å². The van der Waals surface area contributed by atoms with Crippen molar-refractivity contribution in [2.45, 2.75) is 33.9 Å². The van der Waals surface area contributed by atoms with Gasteiger partial charge in [-0.05, 0) is 31.1 Å². The summed E-state index contributed by atoms with van der Waals surface area (Å²) in [7, 11) is 0. The molecule has 0 aliphatic rings. The first kappa shape index (κ1) is 19.4. The number of anilines is 1. The Hall–Kier alpha value is -1.90. The van der Waals surface area contributed by atoms with Gasteiger partial charge in [0.1, 0.15) is 5.82 Å². The number of aromatic nitrogens is 4. The van der Waals surface area contributed by atoms with E-state index in [2.05, 4.69) is 47.9 Å². The number of nitrogens with zero attached hydrogens (tertiary/aromatic N) is 6. The second kappa shape index (κ2) is 7.99. The van der Waals surface area contributed by atoms with Gasteiger partial charge in [-0.3, -0.25) is 0 Å². The van der Waals surface area contributed by atoms with Crippen molar-refractivity contribution in [2.24, 2.45) is 5.92 Å². The molecule has 0 aliphatic heterocycles. The molecule has 0 N–H and O–H groups in total. The number of rotatable bonds is 8. The molecular formula is C16H25F3N6. The van der Waals surface area contributed by atoms with Crippen molar-refractivity contribution in [1.82, 2.24) is 24.7 Å². The molecule has 2 rings (SSSR count). The Morgan fingerprint density at radius 1 is 1.08 bits per heavy atom. The molecule has 0 aromatic carbocycles. The maximum atomic E-state index is 13.1. The van der Waals surface area contributed by atoms with Gasteiger partial charge in [-0.15, -0.1) is 15.3 Å². The number of fused-ring (bicyclic) bond motifs is 1. The molecule has 0 fully saturated rings. The van der Waals surface area contributed by atoms with Gasteiger partial charge in [0.25, 0.3) is 5.82 Å². The molecule has 0 saturated carbocycles. The lowest BCUT2D eigenvalue weighted by molar-refractivity contribution is -0.146. The van der Waals surface area contributed by atoms with Gasteiger partial charge in [-0.25, -0.2) is 0 Å². The average Bonchev–Trinajstić information content (AvgIpc) is 2.97. The zero-order chi connectivity index (χ0) is 18.6. The lowest BCUT2D eigenvalue weighted by Gasteiger charge is -2.28. The van der Waals surface area contributed by atoms with Crippen LogP contribution in [0, 0.1) is 5.92 Å². The second-order valence-corrected chi connectivity index (χ2v) is 6.35. The lowest BCUT2D eigenvalue weighted by atomic mass is 10.2. The van der Waals surface area contributed by atoms with Crippen LogP contribution >= 0.6 is 0 Å². The number of hydrogen-bond acceptors (Lipinski definition) is 5. The Morgan fingerprint density at radius 3 is 2.32 bits per heavy atom. The normalized spacial score (nSPS) is 12.5. The first-order valence-corrected chi connectivity index (χ1v) is 8.53. The van der Waals surface area contributed by atoms with E-state index in [9.17, 15) is 13.2 Å². The molecule has 6 nitrogen and oxygen atoms in total. The third-order valence-electron chi connectivity index (χ3n) is 3.99. The van der Waals surface area contributed by atoms with Gasteiger partial charge in [-0.2, -0.15) is 17.7 Å². The van der Waals surface area contributed by atoms with Crippen molar-refractivity contribution in [2.75, 3.05) is 37.6 Å². The SMILES string of the molecule is CCN(CC)CCN(CC(C)C)c1ccc2nnc(C(F)(F)F)n2n1. The minimum Gasteiger partial charge on any atom is -0.354 e. The van der Waals surface area contributed by atoms with Crippen molar-refractivity contribution >= 4 is 11.5 Å². The van der Waals surface area contributed by atoms with Gasteiger partial charge in [0.05, 0.1) is 0 Å². The van der Waals surface area contributed by atoms with Gasteiger partial charge in [0.15, 0.2) is 5.65 Å². The number of halogens is 3. The topological polar surface area (TPSA) is 49.6 Å². The van der Waals surface area contributed by atoms with Crippen molar-refractivity contribution in [1.29, 1.82) is 0 Å².